The number of methoxy groups -OCH3 is 1. The van der Waals surface area contributed by atoms with Crippen molar-refractivity contribution in [2.75, 3.05) is 13.7 Å². The van der Waals surface area contributed by atoms with Crippen molar-refractivity contribution >= 4 is 11.8 Å². The molecule has 4 nitrogen and oxygen atoms in total. The van der Waals surface area contributed by atoms with Gasteiger partial charge in [-0.05, 0) is 44.0 Å². The Bertz CT molecular complexity index is 503. The van der Waals surface area contributed by atoms with Crippen LogP contribution >= 0.6 is 0 Å². The van der Waals surface area contributed by atoms with Crippen LogP contribution in [0.5, 0.6) is 5.75 Å². The van der Waals surface area contributed by atoms with E-state index in [1.54, 1.807) is 7.11 Å². The summed E-state index contributed by atoms with van der Waals surface area (Å²) in [7, 11) is 1.64. The van der Waals surface area contributed by atoms with Crippen molar-refractivity contribution < 1.29 is 19.1 Å². The van der Waals surface area contributed by atoms with E-state index in [9.17, 15) is 9.59 Å². The quantitative estimate of drug-likeness (QED) is 0.436. The third-order valence-electron chi connectivity index (χ3n) is 2.69. The maximum atomic E-state index is 11.2. The Morgan fingerprint density at radius 1 is 1.25 bits per heavy atom. The molecule has 0 saturated heterocycles. The summed E-state index contributed by atoms with van der Waals surface area (Å²) in [5.74, 6) is 0.151. The van der Waals surface area contributed by atoms with E-state index in [4.69, 9.17) is 9.47 Å². The van der Waals surface area contributed by atoms with Crippen LogP contribution in [0.3, 0.4) is 0 Å². The number of ketones is 1. The summed E-state index contributed by atoms with van der Waals surface area (Å²) in [6, 6.07) is 7.82. The number of hydrogen-bond acceptors (Lipinski definition) is 4. The van der Waals surface area contributed by atoms with Crippen molar-refractivity contribution in [3.8, 4) is 5.75 Å². The number of ether oxygens (including phenoxy) is 2. The molecule has 0 N–H and O–H groups in total. The Morgan fingerprint density at radius 3 is 2.65 bits per heavy atom. The lowest BCUT2D eigenvalue weighted by Gasteiger charge is -2.05. The zero-order valence-corrected chi connectivity index (χ0v) is 12.1. The van der Waals surface area contributed by atoms with Crippen LogP contribution in [-0.2, 0) is 20.7 Å². The average Bonchev–Trinajstić information content (AvgIpc) is 2.38. The Balaban J connectivity index is 2.45. The van der Waals surface area contributed by atoms with Gasteiger partial charge in [-0.15, -0.1) is 0 Å². The highest BCUT2D eigenvalue weighted by molar-refractivity contribution is 5.94. The van der Waals surface area contributed by atoms with Crippen LogP contribution in [0.1, 0.15) is 25.8 Å². The van der Waals surface area contributed by atoms with Gasteiger partial charge in [0.05, 0.1) is 7.11 Å². The van der Waals surface area contributed by atoms with E-state index in [-0.39, 0.29) is 18.8 Å². The zero-order chi connectivity index (χ0) is 15.0. The average molecular weight is 276 g/mol. The molecule has 1 rings (SSSR count). The lowest BCUT2D eigenvalue weighted by Crippen LogP contribution is -2.09. The molecular weight excluding hydrogens is 256 g/mol. The summed E-state index contributed by atoms with van der Waals surface area (Å²) >= 11 is 0. The first kappa shape index (κ1) is 16.0. The van der Waals surface area contributed by atoms with Crippen molar-refractivity contribution in [3.05, 3.63) is 41.5 Å². The minimum Gasteiger partial charge on any atom is -0.497 e. The van der Waals surface area contributed by atoms with Gasteiger partial charge >= 0.3 is 5.97 Å². The zero-order valence-electron chi connectivity index (χ0n) is 12.1. The monoisotopic (exact) mass is 276 g/mol. The molecule has 0 aliphatic heterocycles. The second kappa shape index (κ2) is 8.15. The molecular formula is C16H20O4. The van der Waals surface area contributed by atoms with Crippen LogP contribution in [-0.4, -0.2) is 25.5 Å². The highest BCUT2D eigenvalue weighted by Gasteiger charge is 2.05. The molecule has 0 aromatic heterocycles. The number of Topliss-reactive ketones (excluding diaryl/α,β-unsaturated/α-hetero) is 1. The summed E-state index contributed by atoms with van der Waals surface area (Å²) < 4.78 is 10.1. The normalized spacial score (nSPS) is 11.1. The number of allylic oxidation sites excluding steroid dienone is 1. The predicted molar refractivity (Wildman–Crippen MR) is 76.7 cm³/mol. The number of carbonyl (C=O) groups excluding carboxylic acids is 2. The molecule has 0 heterocycles. The summed E-state index contributed by atoms with van der Waals surface area (Å²) in [6.45, 7) is 3.53. The third kappa shape index (κ3) is 6.18. The van der Waals surface area contributed by atoms with E-state index in [0.717, 1.165) is 23.3 Å². The van der Waals surface area contributed by atoms with E-state index < -0.39 is 5.97 Å². The van der Waals surface area contributed by atoms with E-state index in [1.807, 2.05) is 37.3 Å². The number of rotatable bonds is 7. The molecule has 1 aromatic rings. The van der Waals surface area contributed by atoms with Crippen molar-refractivity contribution in [1.82, 2.24) is 0 Å². The van der Waals surface area contributed by atoms with Gasteiger partial charge in [-0.3, -0.25) is 9.59 Å². The molecule has 0 unspecified atom stereocenters. The van der Waals surface area contributed by atoms with E-state index in [1.165, 1.54) is 6.92 Å². The van der Waals surface area contributed by atoms with Gasteiger partial charge in [0.1, 0.15) is 24.6 Å². The van der Waals surface area contributed by atoms with Crippen molar-refractivity contribution in [3.63, 3.8) is 0 Å². The van der Waals surface area contributed by atoms with Gasteiger partial charge in [-0.1, -0.05) is 17.7 Å². The lowest BCUT2D eigenvalue weighted by molar-refractivity contribution is -0.144. The molecule has 0 saturated carbocycles. The van der Waals surface area contributed by atoms with Crippen LogP contribution in [0, 0.1) is 0 Å². The standard InChI is InChI=1S/C16H20O4/c1-12(7-8-20-16(18)10-13(2)17)9-14-5-4-6-15(11-14)19-3/h4-7,11H,8-10H2,1-3H3. The number of esters is 1. The Morgan fingerprint density at radius 2 is 2.00 bits per heavy atom. The third-order valence-corrected chi connectivity index (χ3v) is 2.69. The van der Waals surface area contributed by atoms with E-state index >= 15 is 0 Å². The predicted octanol–water partition coefficient (Wildman–Crippen LogP) is 2.71. The molecule has 0 bridgehead atoms. The number of carbonyl (C=O) groups is 2. The molecule has 1 aromatic carbocycles. The Kier molecular flexibility index (Phi) is 6.50. The first-order chi connectivity index (χ1) is 9.51. The lowest BCUT2D eigenvalue weighted by atomic mass is 10.1. The fraction of sp³-hybridized carbons (Fsp3) is 0.375. The molecule has 0 aliphatic rings. The second-order valence-corrected chi connectivity index (χ2v) is 4.64. The smallest absolute Gasteiger partial charge is 0.313 e. The van der Waals surface area contributed by atoms with E-state index in [0.29, 0.717) is 0 Å². The Hall–Kier alpha value is -2.10. The van der Waals surface area contributed by atoms with Gasteiger partial charge in [0.15, 0.2) is 0 Å². The van der Waals surface area contributed by atoms with Crippen molar-refractivity contribution in [1.29, 1.82) is 0 Å². The first-order valence-electron chi connectivity index (χ1n) is 6.45. The summed E-state index contributed by atoms with van der Waals surface area (Å²) in [5, 5.41) is 0. The maximum absolute atomic E-state index is 11.2. The summed E-state index contributed by atoms with van der Waals surface area (Å²) in [4.78, 5) is 21.9. The summed E-state index contributed by atoms with van der Waals surface area (Å²) in [5.41, 5.74) is 2.22. The topological polar surface area (TPSA) is 52.6 Å². The van der Waals surface area contributed by atoms with Crippen LogP contribution in [0.4, 0.5) is 0 Å². The molecule has 0 fully saturated rings. The minimum atomic E-state index is -0.483. The number of benzene rings is 1. The van der Waals surface area contributed by atoms with Gasteiger partial charge < -0.3 is 9.47 Å². The maximum Gasteiger partial charge on any atom is 0.313 e. The fourth-order valence-corrected chi connectivity index (χ4v) is 1.71. The van der Waals surface area contributed by atoms with E-state index in [2.05, 4.69) is 0 Å². The highest BCUT2D eigenvalue weighted by Crippen LogP contribution is 2.15. The van der Waals surface area contributed by atoms with Crippen LogP contribution in [0.15, 0.2) is 35.9 Å². The molecule has 20 heavy (non-hydrogen) atoms. The van der Waals surface area contributed by atoms with Gasteiger partial charge in [0.25, 0.3) is 0 Å². The van der Waals surface area contributed by atoms with Crippen LogP contribution in [0.2, 0.25) is 0 Å². The van der Waals surface area contributed by atoms with Gasteiger partial charge in [-0.25, -0.2) is 0 Å². The molecule has 0 aliphatic carbocycles. The molecule has 0 amide bonds. The molecule has 0 atom stereocenters. The largest absolute Gasteiger partial charge is 0.497 e. The van der Waals surface area contributed by atoms with Crippen molar-refractivity contribution in [2.45, 2.75) is 26.7 Å². The molecule has 4 heteroatoms. The molecule has 108 valence electrons. The highest BCUT2D eigenvalue weighted by atomic mass is 16.5. The molecule has 0 spiro atoms. The number of hydrogen-bond donors (Lipinski definition) is 0. The van der Waals surface area contributed by atoms with Crippen LogP contribution < -0.4 is 4.74 Å². The first-order valence-corrected chi connectivity index (χ1v) is 6.45. The summed E-state index contributed by atoms with van der Waals surface area (Å²) in [6.07, 6.45) is 2.45. The minimum absolute atomic E-state index is 0.164. The Labute approximate surface area is 119 Å². The molecule has 0 radical (unpaired) electrons. The second-order valence-electron chi connectivity index (χ2n) is 4.64. The fourth-order valence-electron chi connectivity index (χ4n) is 1.71. The van der Waals surface area contributed by atoms with Gasteiger partial charge in [0, 0.05) is 0 Å². The van der Waals surface area contributed by atoms with Gasteiger partial charge in [-0.2, -0.15) is 0 Å². The van der Waals surface area contributed by atoms with Crippen molar-refractivity contribution in [2.24, 2.45) is 0 Å². The SMILES string of the molecule is COc1cccc(CC(C)=CCOC(=O)CC(C)=O)c1. The van der Waals surface area contributed by atoms with Gasteiger partial charge in [0.2, 0.25) is 0 Å². The van der Waals surface area contributed by atoms with Crippen LogP contribution in [0.25, 0.3) is 0 Å².